The van der Waals surface area contributed by atoms with E-state index in [1.54, 1.807) is 0 Å². The van der Waals surface area contributed by atoms with Crippen molar-refractivity contribution < 1.29 is 0 Å². The van der Waals surface area contributed by atoms with E-state index in [-0.39, 0.29) is 6.04 Å². The Morgan fingerprint density at radius 1 is 1.33 bits per heavy atom. The first kappa shape index (κ1) is 13.0. The highest BCUT2D eigenvalue weighted by Gasteiger charge is 2.09. The van der Waals surface area contributed by atoms with Gasteiger partial charge in [0.2, 0.25) is 0 Å². The van der Waals surface area contributed by atoms with Crippen molar-refractivity contribution in [2.45, 2.75) is 25.3 Å². The second-order valence-corrected chi connectivity index (χ2v) is 4.88. The van der Waals surface area contributed by atoms with Gasteiger partial charge in [-0.1, -0.05) is 40.0 Å². The van der Waals surface area contributed by atoms with Crippen molar-refractivity contribution in [3.8, 4) is 0 Å². The molecule has 0 saturated carbocycles. The van der Waals surface area contributed by atoms with Crippen LogP contribution < -0.4 is 11.5 Å². The zero-order valence-corrected chi connectivity index (χ0v) is 10.9. The lowest BCUT2D eigenvalue weighted by Crippen LogP contribution is -2.11. The SMILES string of the molecule is NCCCC[C@H](N)c1ccc(Br)cc1Cl. The van der Waals surface area contributed by atoms with E-state index >= 15 is 0 Å². The Morgan fingerprint density at radius 2 is 2.07 bits per heavy atom. The lowest BCUT2D eigenvalue weighted by Gasteiger charge is -2.13. The maximum Gasteiger partial charge on any atom is 0.0464 e. The predicted octanol–water partition coefficient (Wildman–Crippen LogP) is 3.23. The van der Waals surface area contributed by atoms with E-state index in [4.69, 9.17) is 23.1 Å². The van der Waals surface area contributed by atoms with Crippen LogP contribution in [0.4, 0.5) is 0 Å². The van der Waals surface area contributed by atoms with Gasteiger partial charge in [-0.15, -0.1) is 0 Å². The molecule has 84 valence electrons. The van der Waals surface area contributed by atoms with Gasteiger partial charge in [0.15, 0.2) is 0 Å². The summed E-state index contributed by atoms with van der Waals surface area (Å²) in [5.41, 5.74) is 12.5. The summed E-state index contributed by atoms with van der Waals surface area (Å²) in [6.07, 6.45) is 2.99. The van der Waals surface area contributed by atoms with Crippen LogP contribution in [0.3, 0.4) is 0 Å². The quantitative estimate of drug-likeness (QED) is 0.818. The minimum absolute atomic E-state index is 0.0112. The molecule has 4 N–H and O–H groups in total. The molecule has 0 radical (unpaired) electrons. The molecular weight excluding hydrogens is 275 g/mol. The average molecular weight is 292 g/mol. The van der Waals surface area contributed by atoms with Gasteiger partial charge in [-0.2, -0.15) is 0 Å². The van der Waals surface area contributed by atoms with Crippen LogP contribution in [0.15, 0.2) is 22.7 Å². The Kier molecular flexibility index (Phi) is 5.61. The van der Waals surface area contributed by atoms with Crippen molar-refractivity contribution >= 4 is 27.5 Å². The van der Waals surface area contributed by atoms with Crippen LogP contribution in [-0.4, -0.2) is 6.54 Å². The van der Waals surface area contributed by atoms with Gasteiger partial charge in [0.1, 0.15) is 0 Å². The van der Waals surface area contributed by atoms with Crippen molar-refractivity contribution in [2.75, 3.05) is 6.54 Å². The minimum Gasteiger partial charge on any atom is -0.330 e. The summed E-state index contributed by atoms with van der Waals surface area (Å²) in [7, 11) is 0. The van der Waals surface area contributed by atoms with Gasteiger partial charge in [-0.05, 0) is 37.1 Å². The summed E-state index contributed by atoms with van der Waals surface area (Å²) in [5, 5.41) is 0.727. The van der Waals surface area contributed by atoms with Gasteiger partial charge in [-0.3, -0.25) is 0 Å². The van der Waals surface area contributed by atoms with E-state index in [1.807, 2.05) is 18.2 Å². The molecule has 0 unspecified atom stereocenters. The maximum absolute atomic E-state index is 6.10. The third-order valence-electron chi connectivity index (χ3n) is 2.33. The Morgan fingerprint density at radius 3 is 2.67 bits per heavy atom. The molecular formula is C11H16BrClN2. The average Bonchev–Trinajstić information content (AvgIpc) is 2.17. The van der Waals surface area contributed by atoms with Crippen molar-refractivity contribution in [3.63, 3.8) is 0 Å². The molecule has 1 atom stereocenters. The molecule has 4 heteroatoms. The van der Waals surface area contributed by atoms with Crippen LogP contribution in [0.2, 0.25) is 5.02 Å². The molecule has 0 amide bonds. The fraction of sp³-hybridized carbons (Fsp3) is 0.455. The normalized spacial score (nSPS) is 12.8. The zero-order chi connectivity index (χ0) is 11.3. The van der Waals surface area contributed by atoms with E-state index < -0.39 is 0 Å². The summed E-state index contributed by atoms with van der Waals surface area (Å²) in [5.74, 6) is 0. The Bertz CT molecular complexity index is 317. The summed E-state index contributed by atoms with van der Waals surface area (Å²) >= 11 is 9.47. The summed E-state index contributed by atoms with van der Waals surface area (Å²) in [4.78, 5) is 0. The highest BCUT2D eigenvalue weighted by Crippen LogP contribution is 2.27. The molecule has 0 aliphatic heterocycles. The molecule has 0 aromatic heterocycles. The van der Waals surface area contributed by atoms with Gasteiger partial charge in [0.25, 0.3) is 0 Å². The maximum atomic E-state index is 6.10. The van der Waals surface area contributed by atoms with Crippen LogP contribution in [-0.2, 0) is 0 Å². The molecule has 0 spiro atoms. The molecule has 15 heavy (non-hydrogen) atoms. The highest BCUT2D eigenvalue weighted by atomic mass is 79.9. The summed E-state index contributed by atoms with van der Waals surface area (Å²) in [6.45, 7) is 0.723. The van der Waals surface area contributed by atoms with Crippen molar-refractivity contribution in [1.29, 1.82) is 0 Å². The molecule has 0 aliphatic carbocycles. The second-order valence-electron chi connectivity index (χ2n) is 3.56. The fourth-order valence-electron chi connectivity index (χ4n) is 1.47. The topological polar surface area (TPSA) is 52.0 Å². The van der Waals surface area contributed by atoms with Crippen molar-refractivity contribution in [2.24, 2.45) is 11.5 Å². The van der Waals surface area contributed by atoms with Crippen molar-refractivity contribution in [3.05, 3.63) is 33.3 Å². The number of rotatable bonds is 5. The number of unbranched alkanes of at least 4 members (excludes halogenated alkanes) is 1. The minimum atomic E-state index is 0.0112. The first-order chi connectivity index (χ1) is 7.15. The van der Waals surface area contributed by atoms with Gasteiger partial charge in [0.05, 0.1) is 0 Å². The van der Waals surface area contributed by atoms with E-state index in [1.165, 1.54) is 0 Å². The highest BCUT2D eigenvalue weighted by molar-refractivity contribution is 9.10. The molecule has 0 aliphatic rings. The molecule has 1 aromatic carbocycles. The smallest absolute Gasteiger partial charge is 0.0464 e. The van der Waals surface area contributed by atoms with Gasteiger partial charge in [-0.25, -0.2) is 0 Å². The third kappa shape index (κ3) is 4.11. The van der Waals surface area contributed by atoms with Gasteiger partial charge >= 0.3 is 0 Å². The number of benzene rings is 1. The number of hydrogen-bond donors (Lipinski definition) is 2. The first-order valence-electron chi connectivity index (χ1n) is 5.05. The predicted molar refractivity (Wildman–Crippen MR) is 69.0 cm³/mol. The van der Waals surface area contributed by atoms with Crippen LogP contribution in [0, 0.1) is 0 Å². The Hall–Kier alpha value is -0.0900. The molecule has 2 nitrogen and oxygen atoms in total. The summed E-state index contributed by atoms with van der Waals surface area (Å²) in [6, 6.07) is 5.82. The molecule has 0 heterocycles. The summed E-state index contributed by atoms with van der Waals surface area (Å²) < 4.78 is 0.977. The van der Waals surface area contributed by atoms with Gasteiger partial charge < -0.3 is 11.5 Å². The van der Waals surface area contributed by atoms with E-state index in [9.17, 15) is 0 Å². The van der Waals surface area contributed by atoms with Crippen LogP contribution >= 0.6 is 27.5 Å². The largest absolute Gasteiger partial charge is 0.330 e. The molecule has 0 fully saturated rings. The lowest BCUT2D eigenvalue weighted by molar-refractivity contribution is 0.591. The Balaban J connectivity index is 2.61. The third-order valence-corrected chi connectivity index (χ3v) is 3.15. The molecule has 1 aromatic rings. The lowest BCUT2D eigenvalue weighted by atomic mass is 10.0. The van der Waals surface area contributed by atoms with Crippen LogP contribution in [0.5, 0.6) is 0 Å². The van der Waals surface area contributed by atoms with E-state index in [2.05, 4.69) is 15.9 Å². The van der Waals surface area contributed by atoms with Gasteiger partial charge in [0, 0.05) is 15.5 Å². The van der Waals surface area contributed by atoms with E-state index in [0.717, 1.165) is 40.9 Å². The van der Waals surface area contributed by atoms with Crippen molar-refractivity contribution in [1.82, 2.24) is 0 Å². The number of halogens is 2. The van der Waals surface area contributed by atoms with Crippen LogP contribution in [0.25, 0.3) is 0 Å². The molecule has 0 saturated heterocycles. The molecule has 0 bridgehead atoms. The standard InChI is InChI=1S/C11H16BrClN2/c12-8-4-5-9(10(13)7-8)11(15)3-1-2-6-14/h4-5,7,11H,1-3,6,14-15H2/t11-/m0/s1. The monoisotopic (exact) mass is 290 g/mol. The first-order valence-corrected chi connectivity index (χ1v) is 6.23. The number of hydrogen-bond acceptors (Lipinski definition) is 2. The number of nitrogens with two attached hydrogens (primary N) is 2. The molecule has 1 rings (SSSR count). The van der Waals surface area contributed by atoms with Crippen LogP contribution in [0.1, 0.15) is 30.9 Å². The Labute approximate surface area is 104 Å². The van der Waals surface area contributed by atoms with E-state index in [0.29, 0.717) is 0 Å². The second kappa shape index (κ2) is 6.48. The fourth-order valence-corrected chi connectivity index (χ4v) is 2.28. The zero-order valence-electron chi connectivity index (χ0n) is 8.55.